The van der Waals surface area contributed by atoms with Gasteiger partial charge in [0, 0.05) is 16.8 Å². The molecule has 0 aliphatic rings. The van der Waals surface area contributed by atoms with Crippen LogP contribution >= 0.6 is 7.14 Å². The Morgan fingerprint density at radius 3 is 1.24 bits per heavy atom. The Balaban J connectivity index is 1.64. The van der Waals surface area contributed by atoms with Crippen molar-refractivity contribution in [2.75, 3.05) is 6.16 Å². The molecule has 0 radical (unpaired) electrons. The topological polar surface area (TPSA) is 17.1 Å². The first-order valence-electron chi connectivity index (χ1n) is 12.0. The van der Waals surface area contributed by atoms with E-state index in [1.54, 1.807) is 0 Å². The first-order valence-corrected chi connectivity index (χ1v) is 13.9. The van der Waals surface area contributed by atoms with Crippen LogP contribution in [0.2, 0.25) is 0 Å². The maximum atomic E-state index is 13.9. The van der Waals surface area contributed by atoms with E-state index in [2.05, 4.69) is 6.92 Å². The maximum Gasteiger partial charge on any atom is 0.143 e. The third-order valence-electron chi connectivity index (χ3n) is 5.92. The molecule has 2 aromatic rings. The highest BCUT2D eigenvalue weighted by molar-refractivity contribution is 7.78. The monoisotopic (exact) mass is 412 g/mol. The molecule has 0 atom stereocenters. The van der Waals surface area contributed by atoms with Gasteiger partial charge in [-0.1, -0.05) is 145 Å². The van der Waals surface area contributed by atoms with Crippen molar-refractivity contribution in [2.24, 2.45) is 0 Å². The molecule has 0 N–H and O–H groups in total. The highest BCUT2D eigenvalue weighted by atomic mass is 31.2. The first kappa shape index (κ1) is 23.9. The lowest BCUT2D eigenvalue weighted by atomic mass is 10.1. The number of hydrogen-bond acceptors (Lipinski definition) is 1. The summed E-state index contributed by atoms with van der Waals surface area (Å²) in [5.74, 6) is 0. The van der Waals surface area contributed by atoms with Gasteiger partial charge in [0.1, 0.15) is 7.14 Å². The zero-order valence-corrected chi connectivity index (χ0v) is 19.4. The molecule has 0 bridgehead atoms. The van der Waals surface area contributed by atoms with Crippen LogP contribution in [0.3, 0.4) is 0 Å². The second kappa shape index (κ2) is 14.6. The van der Waals surface area contributed by atoms with Crippen LogP contribution in [-0.2, 0) is 4.57 Å². The van der Waals surface area contributed by atoms with Crippen molar-refractivity contribution in [1.29, 1.82) is 0 Å². The molecule has 0 aliphatic carbocycles. The molecule has 2 heteroatoms. The Kier molecular flexibility index (Phi) is 12.1. The van der Waals surface area contributed by atoms with Gasteiger partial charge in [0.2, 0.25) is 0 Å². The van der Waals surface area contributed by atoms with E-state index in [1.165, 1.54) is 77.0 Å². The van der Waals surface area contributed by atoms with Crippen LogP contribution in [0.1, 0.15) is 90.4 Å². The van der Waals surface area contributed by atoms with Gasteiger partial charge in [0.05, 0.1) is 0 Å². The van der Waals surface area contributed by atoms with E-state index < -0.39 is 7.14 Å². The van der Waals surface area contributed by atoms with Crippen LogP contribution in [0.15, 0.2) is 60.7 Å². The van der Waals surface area contributed by atoms with E-state index in [0.29, 0.717) is 0 Å². The molecule has 2 rings (SSSR count). The molecule has 29 heavy (non-hydrogen) atoms. The molecule has 1 nitrogen and oxygen atoms in total. The molecule has 160 valence electrons. The summed E-state index contributed by atoms with van der Waals surface area (Å²) in [4.78, 5) is 0. The molecule has 2 aromatic carbocycles. The Morgan fingerprint density at radius 1 is 0.517 bits per heavy atom. The second-order valence-corrected chi connectivity index (χ2v) is 11.3. The van der Waals surface area contributed by atoms with Gasteiger partial charge in [-0.3, -0.25) is 0 Å². The van der Waals surface area contributed by atoms with E-state index >= 15 is 0 Å². The van der Waals surface area contributed by atoms with E-state index in [0.717, 1.165) is 23.2 Å². The van der Waals surface area contributed by atoms with Gasteiger partial charge < -0.3 is 4.57 Å². The molecule has 0 aliphatic heterocycles. The predicted molar refractivity (Wildman–Crippen MR) is 130 cm³/mol. The predicted octanol–water partition coefficient (Wildman–Crippen LogP) is 8.09. The fourth-order valence-electron chi connectivity index (χ4n) is 4.10. The summed E-state index contributed by atoms with van der Waals surface area (Å²) in [5, 5.41) is 2.01. The lowest BCUT2D eigenvalue weighted by Gasteiger charge is -2.19. The minimum Gasteiger partial charge on any atom is -0.314 e. The van der Waals surface area contributed by atoms with Crippen LogP contribution in [0.5, 0.6) is 0 Å². The van der Waals surface area contributed by atoms with Crippen molar-refractivity contribution >= 4 is 17.8 Å². The summed E-state index contributed by atoms with van der Waals surface area (Å²) < 4.78 is 13.9. The molecule has 0 saturated carbocycles. The highest BCUT2D eigenvalue weighted by Gasteiger charge is 2.26. The summed E-state index contributed by atoms with van der Waals surface area (Å²) in [5.41, 5.74) is 0. The number of unbranched alkanes of at least 4 members (excludes halogenated alkanes) is 12. The SMILES string of the molecule is CCCCCCCCCCCCCCCP(=O)(c1ccccc1)c1ccccc1. The van der Waals surface area contributed by atoms with Crippen molar-refractivity contribution in [3.63, 3.8) is 0 Å². The molecule has 0 aromatic heterocycles. The summed E-state index contributed by atoms with van der Waals surface area (Å²) in [6.45, 7) is 2.28. The minimum atomic E-state index is -2.51. The fraction of sp³-hybridized carbons (Fsp3) is 0.556. The van der Waals surface area contributed by atoms with E-state index in [1.807, 2.05) is 60.7 Å². The van der Waals surface area contributed by atoms with Crippen LogP contribution in [0.25, 0.3) is 0 Å². The van der Waals surface area contributed by atoms with Crippen LogP contribution in [0, 0.1) is 0 Å². The molecule has 0 amide bonds. The van der Waals surface area contributed by atoms with Crippen LogP contribution in [0.4, 0.5) is 0 Å². The van der Waals surface area contributed by atoms with Gasteiger partial charge in [-0.05, 0) is 6.42 Å². The number of rotatable bonds is 16. The van der Waals surface area contributed by atoms with Gasteiger partial charge >= 0.3 is 0 Å². The van der Waals surface area contributed by atoms with E-state index in [9.17, 15) is 4.57 Å². The summed E-state index contributed by atoms with van der Waals surface area (Å²) in [6.07, 6.45) is 18.2. The standard InChI is InChI=1S/C27H41OP/c1-2-3-4-5-6-7-8-9-10-11-12-13-20-25-29(28,26-21-16-14-17-22-26)27-23-18-15-19-24-27/h14-19,21-24H,2-13,20,25H2,1H3. The second-order valence-electron chi connectivity index (χ2n) is 8.38. The lowest BCUT2D eigenvalue weighted by Crippen LogP contribution is -2.18. The molecular weight excluding hydrogens is 371 g/mol. The van der Waals surface area contributed by atoms with Gasteiger partial charge in [-0.15, -0.1) is 0 Å². The average molecular weight is 413 g/mol. The number of hydrogen-bond donors (Lipinski definition) is 0. The molecule has 0 spiro atoms. The Morgan fingerprint density at radius 2 is 0.862 bits per heavy atom. The average Bonchev–Trinajstić information content (AvgIpc) is 2.78. The van der Waals surface area contributed by atoms with Gasteiger partial charge in [0.15, 0.2) is 0 Å². The lowest BCUT2D eigenvalue weighted by molar-refractivity contribution is 0.541. The smallest absolute Gasteiger partial charge is 0.143 e. The zero-order chi connectivity index (χ0) is 20.6. The van der Waals surface area contributed by atoms with Gasteiger partial charge in [0.25, 0.3) is 0 Å². The highest BCUT2D eigenvalue weighted by Crippen LogP contribution is 2.44. The molecule has 0 unspecified atom stereocenters. The van der Waals surface area contributed by atoms with Gasteiger partial charge in [-0.2, -0.15) is 0 Å². The third-order valence-corrected chi connectivity index (χ3v) is 9.13. The maximum absolute atomic E-state index is 13.9. The largest absolute Gasteiger partial charge is 0.314 e. The fourth-order valence-corrected chi connectivity index (χ4v) is 6.89. The molecule has 0 fully saturated rings. The Hall–Kier alpha value is -1.33. The minimum absolute atomic E-state index is 0.790. The van der Waals surface area contributed by atoms with Crippen molar-refractivity contribution in [3.05, 3.63) is 60.7 Å². The third kappa shape index (κ3) is 8.91. The first-order chi connectivity index (χ1) is 14.3. The number of benzene rings is 2. The molecule has 0 saturated heterocycles. The van der Waals surface area contributed by atoms with Crippen LogP contribution in [-0.4, -0.2) is 6.16 Å². The summed E-state index contributed by atoms with van der Waals surface area (Å²) in [6, 6.07) is 20.2. The molecular formula is C27H41OP. The van der Waals surface area contributed by atoms with E-state index in [4.69, 9.17) is 0 Å². The van der Waals surface area contributed by atoms with Gasteiger partial charge in [-0.25, -0.2) is 0 Å². The Labute approximate surface area is 179 Å². The van der Waals surface area contributed by atoms with Crippen molar-refractivity contribution in [1.82, 2.24) is 0 Å². The van der Waals surface area contributed by atoms with Crippen molar-refractivity contribution < 1.29 is 4.57 Å². The zero-order valence-electron chi connectivity index (χ0n) is 18.5. The quantitative estimate of drug-likeness (QED) is 0.201. The summed E-state index contributed by atoms with van der Waals surface area (Å²) >= 11 is 0. The summed E-state index contributed by atoms with van der Waals surface area (Å²) in [7, 11) is -2.51. The normalized spacial score (nSPS) is 11.6. The van der Waals surface area contributed by atoms with Crippen LogP contribution < -0.4 is 10.6 Å². The Bertz CT molecular complexity index is 637. The van der Waals surface area contributed by atoms with Crippen molar-refractivity contribution in [3.8, 4) is 0 Å². The van der Waals surface area contributed by atoms with E-state index in [-0.39, 0.29) is 0 Å². The van der Waals surface area contributed by atoms with Crippen molar-refractivity contribution in [2.45, 2.75) is 90.4 Å². The molecule has 0 heterocycles.